The van der Waals surface area contributed by atoms with E-state index >= 15 is 0 Å². The van der Waals surface area contributed by atoms with E-state index in [4.69, 9.17) is 0 Å². The first-order chi connectivity index (χ1) is 9.68. The van der Waals surface area contributed by atoms with Crippen molar-refractivity contribution in [3.05, 3.63) is 22.4 Å². The second-order valence-corrected chi connectivity index (χ2v) is 9.39. The number of hydrogen-bond donors (Lipinski definition) is 0. The predicted octanol–water partition coefficient (Wildman–Crippen LogP) is 2.57. The highest BCUT2D eigenvalue weighted by atomic mass is 32.2. The summed E-state index contributed by atoms with van der Waals surface area (Å²) in [5.74, 6) is 0.885. The van der Waals surface area contributed by atoms with Gasteiger partial charge >= 0.3 is 0 Å². The van der Waals surface area contributed by atoms with Crippen LogP contribution in [0.15, 0.2) is 17.5 Å². The van der Waals surface area contributed by atoms with Crippen LogP contribution in [-0.4, -0.2) is 49.0 Å². The molecule has 0 amide bonds. The van der Waals surface area contributed by atoms with Crippen LogP contribution in [0.25, 0.3) is 0 Å². The van der Waals surface area contributed by atoms with Crippen LogP contribution in [0.3, 0.4) is 0 Å². The Morgan fingerprint density at radius 1 is 1.10 bits per heavy atom. The summed E-state index contributed by atoms with van der Waals surface area (Å²) in [5, 5.41) is 2.55. The highest BCUT2D eigenvalue weighted by Gasteiger charge is 2.33. The van der Waals surface area contributed by atoms with Gasteiger partial charge in [0.25, 0.3) is 10.2 Å². The van der Waals surface area contributed by atoms with Crippen molar-refractivity contribution in [3.8, 4) is 0 Å². The third kappa shape index (κ3) is 3.06. The van der Waals surface area contributed by atoms with Crippen LogP contribution in [0.2, 0.25) is 0 Å². The summed E-state index contributed by atoms with van der Waals surface area (Å²) < 4.78 is 28.5. The molecular formula is C13H20N2O2S3. The lowest BCUT2D eigenvalue weighted by atomic mass is 10.2. The van der Waals surface area contributed by atoms with Crippen molar-refractivity contribution in [3.63, 3.8) is 0 Å². The summed E-state index contributed by atoms with van der Waals surface area (Å²) in [7, 11) is -3.22. The molecule has 0 unspecified atom stereocenters. The standard InChI is InChI=1S/C13H20N2O2S3/c16-20(17,14-6-1-2-7-14)15-8-5-13(19-11-9-15)12-4-3-10-18-12/h3-4,10,13H,1-2,5-9,11H2/t13-/m1/s1. The highest BCUT2D eigenvalue weighted by Crippen LogP contribution is 2.37. The predicted molar refractivity (Wildman–Crippen MR) is 85.4 cm³/mol. The lowest BCUT2D eigenvalue weighted by Gasteiger charge is -2.25. The Hall–Kier alpha value is -0.0800. The van der Waals surface area contributed by atoms with Gasteiger partial charge in [0.05, 0.1) is 0 Å². The molecule has 0 aromatic carbocycles. The summed E-state index contributed by atoms with van der Waals surface area (Å²) in [6.45, 7) is 2.68. The normalized spacial score (nSPS) is 26.7. The van der Waals surface area contributed by atoms with Crippen LogP contribution in [0, 0.1) is 0 Å². The summed E-state index contributed by atoms with van der Waals surface area (Å²) in [4.78, 5) is 1.37. The topological polar surface area (TPSA) is 40.6 Å². The van der Waals surface area contributed by atoms with E-state index in [0.29, 0.717) is 31.4 Å². The number of nitrogens with zero attached hydrogens (tertiary/aromatic N) is 2. The Kier molecular flexibility index (Phi) is 4.72. The molecule has 0 spiro atoms. The third-order valence-electron chi connectivity index (χ3n) is 3.88. The van der Waals surface area contributed by atoms with E-state index in [1.54, 1.807) is 19.9 Å². The van der Waals surface area contributed by atoms with Gasteiger partial charge in [0.15, 0.2) is 0 Å². The Balaban J connectivity index is 1.68. The molecule has 20 heavy (non-hydrogen) atoms. The number of thiophene rings is 1. The van der Waals surface area contributed by atoms with Crippen molar-refractivity contribution in [2.45, 2.75) is 24.5 Å². The van der Waals surface area contributed by atoms with Crippen LogP contribution in [0.4, 0.5) is 0 Å². The summed E-state index contributed by atoms with van der Waals surface area (Å²) in [6.07, 6.45) is 2.91. The molecule has 2 fully saturated rings. The van der Waals surface area contributed by atoms with Crippen LogP contribution in [0.1, 0.15) is 29.4 Å². The highest BCUT2D eigenvalue weighted by molar-refractivity contribution is 7.99. The van der Waals surface area contributed by atoms with Crippen molar-refractivity contribution in [1.29, 1.82) is 0 Å². The van der Waals surface area contributed by atoms with Gasteiger partial charge in [-0.15, -0.1) is 11.3 Å². The van der Waals surface area contributed by atoms with Gasteiger partial charge in [-0.05, 0) is 30.7 Å². The fraction of sp³-hybridized carbons (Fsp3) is 0.692. The molecule has 3 heterocycles. The second kappa shape index (κ2) is 6.36. The molecule has 1 aromatic rings. The van der Waals surface area contributed by atoms with Gasteiger partial charge in [0.1, 0.15) is 0 Å². The van der Waals surface area contributed by atoms with Gasteiger partial charge in [0, 0.05) is 42.1 Å². The zero-order chi connectivity index (χ0) is 14.0. The molecule has 0 aliphatic carbocycles. The van der Waals surface area contributed by atoms with Crippen molar-refractivity contribution in [2.75, 3.05) is 31.9 Å². The maximum absolute atomic E-state index is 12.6. The van der Waals surface area contributed by atoms with Crippen LogP contribution < -0.4 is 0 Å². The SMILES string of the molecule is O=S(=O)(N1CCCC1)N1CCS[C@@H](c2cccs2)CC1. The van der Waals surface area contributed by atoms with E-state index in [1.165, 1.54) is 4.88 Å². The third-order valence-corrected chi connectivity index (χ3v) is 8.36. The Morgan fingerprint density at radius 3 is 2.55 bits per heavy atom. The zero-order valence-electron chi connectivity index (χ0n) is 11.4. The summed E-state index contributed by atoms with van der Waals surface area (Å²) in [6, 6.07) is 4.23. The van der Waals surface area contributed by atoms with E-state index < -0.39 is 10.2 Å². The minimum atomic E-state index is -3.22. The van der Waals surface area contributed by atoms with E-state index in [1.807, 2.05) is 11.8 Å². The van der Waals surface area contributed by atoms with E-state index in [2.05, 4.69) is 17.5 Å². The first kappa shape index (κ1) is 14.8. The lowest BCUT2D eigenvalue weighted by Crippen LogP contribution is -2.43. The maximum Gasteiger partial charge on any atom is 0.282 e. The van der Waals surface area contributed by atoms with Gasteiger partial charge in [-0.25, -0.2) is 0 Å². The quantitative estimate of drug-likeness (QED) is 0.854. The average molecular weight is 333 g/mol. The molecule has 0 N–H and O–H groups in total. The second-order valence-electron chi connectivity index (χ2n) is 5.18. The number of thioether (sulfide) groups is 1. The van der Waals surface area contributed by atoms with Gasteiger partial charge in [0.2, 0.25) is 0 Å². The Morgan fingerprint density at radius 2 is 1.85 bits per heavy atom. The molecule has 0 saturated carbocycles. The van der Waals surface area contributed by atoms with Crippen molar-refractivity contribution < 1.29 is 8.42 Å². The zero-order valence-corrected chi connectivity index (χ0v) is 13.9. The van der Waals surface area contributed by atoms with Crippen molar-refractivity contribution in [1.82, 2.24) is 8.61 Å². The summed E-state index contributed by atoms with van der Waals surface area (Å²) in [5.41, 5.74) is 0. The molecule has 2 saturated heterocycles. The van der Waals surface area contributed by atoms with Crippen LogP contribution in [-0.2, 0) is 10.2 Å². The van der Waals surface area contributed by atoms with E-state index in [-0.39, 0.29) is 0 Å². The molecule has 0 radical (unpaired) electrons. The number of hydrogen-bond acceptors (Lipinski definition) is 4. The van der Waals surface area contributed by atoms with Crippen molar-refractivity contribution in [2.24, 2.45) is 0 Å². The maximum atomic E-state index is 12.6. The van der Waals surface area contributed by atoms with Gasteiger partial charge in [-0.1, -0.05) is 6.07 Å². The molecule has 3 rings (SSSR count). The Labute approximate surface area is 129 Å². The first-order valence-electron chi connectivity index (χ1n) is 7.08. The van der Waals surface area contributed by atoms with Crippen LogP contribution >= 0.6 is 23.1 Å². The fourth-order valence-electron chi connectivity index (χ4n) is 2.76. The first-order valence-corrected chi connectivity index (χ1v) is 10.4. The van der Waals surface area contributed by atoms with Gasteiger partial charge < -0.3 is 0 Å². The van der Waals surface area contributed by atoms with Gasteiger partial charge in [-0.3, -0.25) is 0 Å². The minimum Gasteiger partial charge on any atom is -0.195 e. The molecule has 1 aromatic heterocycles. The molecular weight excluding hydrogens is 312 g/mol. The lowest BCUT2D eigenvalue weighted by molar-refractivity contribution is 0.370. The number of rotatable bonds is 3. The molecule has 2 aliphatic rings. The molecule has 0 bridgehead atoms. The summed E-state index contributed by atoms with van der Waals surface area (Å²) >= 11 is 3.66. The van der Waals surface area contributed by atoms with Crippen LogP contribution in [0.5, 0.6) is 0 Å². The van der Waals surface area contributed by atoms with Crippen molar-refractivity contribution >= 4 is 33.3 Å². The van der Waals surface area contributed by atoms with Gasteiger partial charge in [-0.2, -0.15) is 28.8 Å². The molecule has 112 valence electrons. The molecule has 1 atom stereocenters. The minimum absolute atomic E-state index is 0.453. The molecule has 4 nitrogen and oxygen atoms in total. The smallest absolute Gasteiger partial charge is 0.195 e. The molecule has 7 heteroatoms. The molecule has 2 aliphatic heterocycles. The Bertz CT molecular complexity index is 524. The average Bonchev–Trinajstić information content (AvgIpc) is 3.08. The van der Waals surface area contributed by atoms with E-state index in [0.717, 1.165) is 25.0 Å². The monoisotopic (exact) mass is 332 g/mol. The largest absolute Gasteiger partial charge is 0.282 e. The fourth-order valence-corrected chi connectivity index (χ4v) is 6.82. The van der Waals surface area contributed by atoms with E-state index in [9.17, 15) is 8.42 Å².